The number of amides is 2. The van der Waals surface area contributed by atoms with Crippen LogP contribution < -0.4 is 5.32 Å². The van der Waals surface area contributed by atoms with E-state index in [1.54, 1.807) is 0 Å². The van der Waals surface area contributed by atoms with Crippen LogP contribution in [0.2, 0.25) is 0 Å². The van der Waals surface area contributed by atoms with E-state index < -0.39 is 0 Å². The molecule has 3 aromatic rings. The van der Waals surface area contributed by atoms with Crippen LogP contribution in [0.25, 0.3) is 22.3 Å². The third-order valence-corrected chi connectivity index (χ3v) is 7.67. The number of hydrogen-bond donors (Lipinski definition) is 1. The predicted molar refractivity (Wildman–Crippen MR) is 169 cm³/mol. The molecule has 0 unspecified atom stereocenters. The molecule has 0 spiro atoms. The Bertz CT molecular complexity index is 1070. The van der Waals surface area contributed by atoms with Gasteiger partial charge in [0.1, 0.15) is 0 Å². The molecule has 0 atom stereocenters. The van der Waals surface area contributed by atoms with Crippen molar-refractivity contribution in [2.24, 2.45) is 0 Å². The van der Waals surface area contributed by atoms with E-state index in [4.69, 9.17) is 0 Å². The number of benzene rings is 3. The quantitative estimate of drug-likeness (QED) is 0.154. The summed E-state index contributed by atoms with van der Waals surface area (Å²) in [6, 6.07) is 25.9. The normalized spacial score (nSPS) is 10.9. The molecular formula is C37H49NO2. The zero-order valence-corrected chi connectivity index (χ0v) is 24.6. The van der Waals surface area contributed by atoms with E-state index in [0.717, 1.165) is 41.5 Å². The van der Waals surface area contributed by atoms with Gasteiger partial charge in [-0.15, -0.1) is 0 Å². The molecule has 3 nitrogen and oxygen atoms in total. The topological polar surface area (TPSA) is 46.2 Å². The highest BCUT2D eigenvalue weighted by Crippen LogP contribution is 2.28. The van der Waals surface area contributed by atoms with Crippen molar-refractivity contribution in [3.05, 3.63) is 84.4 Å². The van der Waals surface area contributed by atoms with E-state index in [2.05, 4.69) is 18.3 Å². The van der Waals surface area contributed by atoms with Gasteiger partial charge in [0.15, 0.2) is 0 Å². The molecule has 214 valence electrons. The third kappa shape index (κ3) is 11.9. The van der Waals surface area contributed by atoms with Gasteiger partial charge in [0.25, 0.3) is 5.91 Å². The van der Waals surface area contributed by atoms with Crippen molar-refractivity contribution in [3.63, 3.8) is 0 Å². The van der Waals surface area contributed by atoms with Gasteiger partial charge in [0.05, 0.1) is 0 Å². The van der Waals surface area contributed by atoms with E-state index >= 15 is 0 Å². The minimum Gasteiger partial charge on any atom is -0.292 e. The Balaban J connectivity index is 1.35. The first-order chi connectivity index (χ1) is 19.7. The number of rotatable bonds is 19. The molecule has 3 heteroatoms. The Hall–Kier alpha value is -3.20. The van der Waals surface area contributed by atoms with Crippen molar-refractivity contribution in [2.75, 3.05) is 0 Å². The summed E-state index contributed by atoms with van der Waals surface area (Å²) < 4.78 is 0. The molecule has 0 aliphatic rings. The molecule has 0 aliphatic carbocycles. The molecule has 40 heavy (non-hydrogen) atoms. The van der Waals surface area contributed by atoms with Crippen LogP contribution in [0.15, 0.2) is 78.9 Å². The highest BCUT2D eigenvalue weighted by Gasteiger charge is 2.14. The van der Waals surface area contributed by atoms with Crippen molar-refractivity contribution in [2.45, 2.75) is 110 Å². The third-order valence-electron chi connectivity index (χ3n) is 7.67. The Kier molecular flexibility index (Phi) is 14.9. The average molecular weight is 540 g/mol. The van der Waals surface area contributed by atoms with E-state index in [9.17, 15) is 9.59 Å². The molecular weight excluding hydrogens is 490 g/mol. The second-order valence-electron chi connectivity index (χ2n) is 11.1. The van der Waals surface area contributed by atoms with Crippen LogP contribution in [0.4, 0.5) is 0 Å². The summed E-state index contributed by atoms with van der Waals surface area (Å²) in [5, 5.41) is 2.63. The van der Waals surface area contributed by atoms with Crippen LogP contribution in [0, 0.1) is 0 Å². The number of carbonyl (C=O) groups is 2. The van der Waals surface area contributed by atoms with Crippen LogP contribution in [-0.2, 0) is 4.79 Å². The fraction of sp³-hybridized carbons (Fsp3) is 0.459. The Morgan fingerprint density at radius 1 is 0.500 bits per heavy atom. The van der Waals surface area contributed by atoms with Crippen molar-refractivity contribution < 1.29 is 9.59 Å². The number of hydrogen-bond acceptors (Lipinski definition) is 2. The maximum atomic E-state index is 13.1. The monoisotopic (exact) mass is 539 g/mol. The van der Waals surface area contributed by atoms with Gasteiger partial charge in [-0.3, -0.25) is 14.9 Å². The summed E-state index contributed by atoms with van der Waals surface area (Å²) >= 11 is 0. The first kappa shape index (κ1) is 31.3. The molecule has 1 N–H and O–H groups in total. The van der Waals surface area contributed by atoms with Gasteiger partial charge in [-0.1, -0.05) is 157 Å². The van der Waals surface area contributed by atoms with Crippen LogP contribution in [0.1, 0.15) is 120 Å². The SMILES string of the molecule is CCCCCCCCCCCCCCCCCC(=O)NC(=O)c1cc(-c2ccccc2)cc(-c2ccccc2)c1. The van der Waals surface area contributed by atoms with Gasteiger partial charge < -0.3 is 0 Å². The number of carbonyl (C=O) groups excluding carboxylic acids is 2. The van der Waals surface area contributed by atoms with Crippen LogP contribution in [0.5, 0.6) is 0 Å². The maximum Gasteiger partial charge on any atom is 0.257 e. The minimum absolute atomic E-state index is 0.189. The number of unbranched alkanes of at least 4 members (excludes halogenated alkanes) is 14. The molecule has 0 saturated carbocycles. The van der Waals surface area contributed by atoms with Gasteiger partial charge in [-0.25, -0.2) is 0 Å². The Morgan fingerprint density at radius 2 is 0.900 bits per heavy atom. The average Bonchev–Trinajstić information content (AvgIpc) is 2.99. The highest BCUT2D eigenvalue weighted by atomic mass is 16.2. The molecule has 0 radical (unpaired) electrons. The smallest absolute Gasteiger partial charge is 0.257 e. The first-order valence-electron chi connectivity index (χ1n) is 15.8. The van der Waals surface area contributed by atoms with Gasteiger partial charge in [0.2, 0.25) is 5.91 Å². The fourth-order valence-corrected chi connectivity index (χ4v) is 5.27. The summed E-state index contributed by atoms with van der Waals surface area (Å²) in [7, 11) is 0. The van der Waals surface area contributed by atoms with Crippen LogP contribution in [-0.4, -0.2) is 11.8 Å². The second kappa shape index (κ2) is 19.0. The fourth-order valence-electron chi connectivity index (χ4n) is 5.27. The summed E-state index contributed by atoms with van der Waals surface area (Å²) in [6.07, 6.45) is 19.8. The maximum absolute atomic E-state index is 13.1. The Labute approximate surface area is 242 Å². The summed E-state index contributed by atoms with van der Waals surface area (Å²) in [4.78, 5) is 25.6. The molecule has 0 bridgehead atoms. The highest BCUT2D eigenvalue weighted by molar-refractivity contribution is 6.06. The number of nitrogens with one attached hydrogen (secondary N) is 1. The van der Waals surface area contributed by atoms with Crippen LogP contribution >= 0.6 is 0 Å². The summed E-state index contributed by atoms with van der Waals surface area (Å²) in [5.74, 6) is -0.521. The summed E-state index contributed by atoms with van der Waals surface area (Å²) in [6.45, 7) is 2.27. The number of imide groups is 1. The van der Waals surface area contributed by atoms with Gasteiger partial charge >= 0.3 is 0 Å². The molecule has 3 rings (SSSR count). The molecule has 0 saturated heterocycles. The molecule has 2 amide bonds. The Morgan fingerprint density at radius 3 is 1.32 bits per heavy atom. The predicted octanol–water partition coefficient (Wildman–Crippen LogP) is 10.5. The lowest BCUT2D eigenvalue weighted by molar-refractivity contribution is -0.120. The molecule has 0 aliphatic heterocycles. The van der Waals surface area contributed by atoms with Gasteiger partial charge in [-0.2, -0.15) is 0 Å². The standard InChI is InChI=1S/C37H49NO2/c1-2-3-4-5-6-7-8-9-10-11-12-13-14-15-22-27-36(39)38-37(40)35-29-33(31-23-18-16-19-24-31)28-34(30-35)32-25-20-17-21-26-32/h16-21,23-26,28-30H,2-15,22,27H2,1H3,(H,38,39,40). The van der Waals surface area contributed by atoms with Gasteiger partial charge in [-0.05, 0) is 46.9 Å². The zero-order chi connectivity index (χ0) is 28.3. The molecule has 0 heterocycles. The molecule has 0 fully saturated rings. The largest absolute Gasteiger partial charge is 0.292 e. The van der Waals surface area contributed by atoms with E-state index in [1.165, 1.54) is 77.0 Å². The summed E-state index contributed by atoms with van der Waals surface area (Å²) in [5.41, 5.74) is 4.51. The van der Waals surface area contributed by atoms with Crippen molar-refractivity contribution in [1.82, 2.24) is 5.32 Å². The van der Waals surface area contributed by atoms with Crippen molar-refractivity contribution in [1.29, 1.82) is 0 Å². The molecule has 3 aromatic carbocycles. The van der Waals surface area contributed by atoms with E-state index in [1.807, 2.05) is 72.8 Å². The van der Waals surface area contributed by atoms with Gasteiger partial charge in [0, 0.05) is 12.0 Å². The zero-order valence-electron chi connectivity index (χ0n) is 24.6. The lowest BCUT2D eigenvalue weighted by Crippen LogP contribution is -2.30. The minimum atomic E-state index is -0.332. The molecule has 0 aromatic heterocycles. The van der Waals surface area contributed by atoms with E-state index in [-0.39, 0.29) is 11.8 Å². The second-order valence-corrected chi connectivity index (χ2v) is 11.1. The van der Waals surface area contributed by atoms with Crippen molar-refractivity contribution in [3.8, 4) is 22.3 Å². The lowest BCUT2D eigenvalue weighted by Gasteiger charge is -2.11. The van der Waals surface area contributed by atoms with Crippen molar-refractivity contribution >= 4 is 11.8 Å². The lowest BCUT2D eigenvalue weighted by atomic mass is 9.96. The first-order valence-corrected chi connectivity index (χ1v) is 15.8. The van der Waals surface area contributed by atoms with E-state index in [0.29, 0.717) is 12.0 Å². The van der Waals surface area contributed by atoms with Crippen LogP contribution in [0.3, 0.4) is 0 Å².